The van der Waals surface area contributed by atoms with Gasteiger partial charge in [0, 0.05) is 12.2 Å². The molecule has 32 heavy (non-hydrogen) atoms. The first-order valence-corrected chi connectivity index (χ1v) is 11.7. The first kappa shape index (κ1) is 23.6. The maximum Gasteiger partial charge on any atom is 0.234 e. The molecule has 2 aromatic carbocycles. The number of ether oxygens (including phenoxy) is 1. The number of allylic oxidation sites excluding steroid dienone is 1. The lowest BCUT2D eigenvalue weighted by Gasteiger charge is -2.16. The van der Waals surface area contributed by atoms with E-state index in [1.165, 1.54) is 17.3 Å². The fraction of sp³-hybridized carbons (Fsp3) is 0.320. The van der Waals surface area contributed by atoms with Gasteiger partial charge in [0.05, 0.1) is 5.75 Å². The number of aryl methyl sites for hydroxylation is 1. The molecule has 1 aromatic heterocycles. The van der Waals surface area contributed by atoms with E-state index in [-0.39, 0.29) is 17.8 Å². The molecule has 6 nitrogen and oxygen atoms in total. The summed E-state index contributed by atoms with van der Waals surface area (Å²) < 4.78 is 8.00. The lowest BCUT2D eigenvalue weighted by molar-refractivity contribution is -0.113. The number of aromatic nitrogens is 3. The summed E-state index contributed by atoms with van der Waals surface area (Å²) in [6.07, 6.45) is 1.49. The Morgan fingerprint density at radius 3 is 2.59 bits per heavy atom. The minimum Gasteiger partial charge on any atom is -0.483 e. The molecule has 1 heterocycles. The topological polar surface area (TPSA) is 69.0 Å². The van der Waals surface area contributed by atoms with Gasteiger partial charge in [-0.25, -0.2) is 0 Å². The quantitative estimate of drug-likeness (QED) is 0.314. The number of nitrogens with zero attached hydrogens (tertiary/aromatic N) is 3. The summed E-state index contributed by atoms with van der Waals surface area (Å²) in [5.74, 6) is 2.07. The molecular weight excluding hydrogens is 420 g/mol. The van der Waals surface area contributed by atoms with E-state index in [1.807, 2.05) is 66.9 Å². The van der Waals surface area contributed by atoms with Crippen LogP contribution in [0.5, 0.6) is 5.75 Å². The van der Waals surface area contributed by atoms with Crippen molar-refractivity contribution in [1.82, 2.24) is 14.8 Å². The van der Waals surface area contributed by atoms with Crippen molar-refractivity contribution < 1.29 is 9.53 Å². The molecule has 3 aromatic rings. The molecule has 0 saturated carbocycles. The summed E-state index contributed by atoms with van der Waals surface area (Å²) in [5.41, 5.74) is 3.15. The minimum absolute atomic E-state index is 0.0916. The van der Waals surface area contributed by atoms with E-state index >= 15 is 0 Å². The van der Waals surface area contributed by atoms with Crippen molar-refractivity contribution in [1.29, 1.82) is 0 Å². The van der Waals surface area contributed by atoms with Crippen LogP contribution in [-0.4, -0.2) is 26.4 Å². The molecule has 3 rings (SSSR count). The van der Waals surface area contributed by atoms with Crippen LogP contribution in [-0.2, 0) is 11.3 Å². The second-order valence-electron chi connectivity index (χ2n) is 7.93. The maximum atomic E-state index is 12.5. The van der Waals surface area contributed by atoms with E-state index in [0.29, 0.717) is 23.4 Å². The Morgan fingerprint density at radius 1 is 1.19 bits per heavy atom. The van der Waals surface area contributed by atoms with Crippen molar-refractivity contribution in [2.24, 2.45) is 0 Å². The Balaban J connectivity index is 1.64. The summed E-state index contributed by atoms with van der Waals surface area (Å²) in [5, 5.41) is 12.2. The minimum atomic E-state index is -0.299. The number of amides is 1. The Labute approximate surface area is 194 Å². The largest absolute Gasteiger partial charge is 0.483 e. The van der Waals surface area contributed by atoms with Gasteiger partial charge in [0.1, 0.15) is 5.75 Å². The predicted octanol–water partition coefficient (Wildman–Crippen LogP) is 5.77. The zero-order chi connectivity index (χ0) is 23.1. The second-order valence-corrected chi connectivity index (χ2v) is 8.87. The Bertz CT molecular complexity index is 1060. The molecule has 0 aliphatic carbocycles. The number of benzene rings is 2. The molecule has 0 spiro atoms. The van der Waals surface area contributed by atoms with Gasteiger partial charge in [0.15, 0.2) is 17.1 Å². The van der Waals surface area contributed by atoms with Crippen LogP contribution >= 0.6 is 11.8 Å². The predicted molar refractivity (Wildman–Crippen MR) is 130 cm³/mol. The molecule has 0 saturated heterocycles. The monoisotopic (exact) mass is 450 g/mol. The Morgan fingerprint density at radius 2 is 1.94 bits per heavy atom. The molecule has 7 heteroatoms. The molecule has 1 atom stereocenters. The number of anilines is 1. The zero-order valence-electron chi connectivity index (χ0n) is 19.0. The highest BCUT2D eigenvalue weighted by molar-refractivity contribution is 7.99. The van der Waals surface area contributed by atoms with Crippen LogP contribution < -0.4 is 10.1 Å². The number of nitrogens with one attached hydrogen (secondary N) is 1. The van der Waals surface area contributed by atoms with Crippen LogP contribution in [0.1, 0.15) is 49.7 Å². The fourth-order valence-electron chi connectivity index (χ4n) is 3.23. The van der Waals surface area contributed by atoms with E-state index in [1.54, 1.807) is 6.08 Å². The first-order chi connectivity index (χ1) is 15.4. The van der Waals surface area contributed by atoms with Crippen molar-refractivity contribution in [3.05, 3.63) is 78.1 Å². The highest BCUT2D eigenvalue weighted by Crippen LogP contribution is 2.25. The fourth-order valence-corrected chi connectivity index (χ4v) is 3.99. The summed E-state index contributed by atoms with van der Waals surface area (Å²) in [6.45, 7) is 12.6. The molecule has 1 N–H and O–H groups in total. The van der Waals surface area contributed by atoms with Gasteiger partial charge >= 0.3 is 0 Å². The van der Waals surface area contributed by atoms with Crippen LogP contribution in [0.2, 0.25) is 0 Å². The number of thioether (sulfide) groups is 1. The van der Waals surface area contributed by atoms with Crippen LogP contribution in [0.4, 0.5) is 5.69 Å². The standard InChI is InChI=1S/C25H30N4O2S/c1-6-14-29-24(19(5)31-22-9-7-8-18(4)15-22)27-28-25(29)32-16-23(30)26-21-12-10-20(11-13-21)17(2)3/h6-13,15,17,19H,1,14,16H2,2-5H3,(H,26,30). The van der Waals surface area contributed by atoms with E-state index in [2.05, 4.69) is 35.9 Å². The molecule has 0 aliphatic heterocycles. The third kappa shape index (κ3) is 6.23. The van der Waals surface area contributed by atoms with Gasteiger partial charge in [-0.05, 0) is 55.2 Å². The van der Waals surface area contributed by atoms with Crippen LogP contribution in [0.3, 0.4) is 0 Å². The zero-order valence-corrected chi connectivity index (χ0v) is 19.9. The van der Waals surface area contributed by atoms with Crippen molar-refractivity contribution in [2.45, 2.75) is 51.4 Å². The van der Waals surface area contributed by atoms with Crippen molar-refractivity contribution in [3.8, 4) is 5.75 Å². The highest BCUT2D eigenvalue weighted by Gasteiger charge is 2.20. The highest BCUT2D eigenvalue weighted by atomic mass is 32.2. The van der Waals surface area contributed by atoms with Gasteiger partial charge in [0.2, 0.25) is 5.91 Å². The van der Waals surface area contributed by atoms with Crippen molar-refractivity contribution in [2.75, 3.05) is 11.1 Å². The van der Waals surface area contributed by atoms with Gasteiger partial charge in [0.25, 0.3) is 0 Å². The average Bonchev–Trinajstić information content (AvgIpc) is 3.16. The molecule has 0 fully saturated rings. The van der Waals surface area contributed by atoms with Crippen LogP contribution in [0.25, 0.3) is 0 Å². The number of carbonyl (C=O) groups is 1. The first-order valence-electron chi connectivity index (χ1n) is 10.7. The van der Waals surface area contributed by atoms with Crippen LogP contribution in [0, 0.1) is 6.92 Å². The van der Waals surface area contributed by atoms with Gasteiger partial charge in [-0.1, -0.05) is 56.0 Å². The second kappa shape index (κ2) is 11.0. The van der Waals surface area contributed by atoms with Crippen LogP contribution in [0.15, 0.2) is 66.3 Å². The lowest BCUT2D eigenvalue weighted by Crippen LogP contribution is -2.15. The van der Waals surface area contributed by atoms with E-state index in [0.717, 1.165) is 17.0 Å². The van der Waals surface area contributed by atoms with E-state index in [4.69, 9.17) is 4.74 Å². The Hall–Kier alpha value is -3.06. The molecule has 168 valence electrons. The number of carbonyl (C=O) groups excluding carboxylic acids is 1. The van der Waals surface area contributed by atoms with Gasteiger partial charge in [-0.3, -0.25) is 9.36 Å². The third-order valence-electron chi connectivity index (χ3n) is 4.92. The number of rotatable bonds is 10. The molecule has 0 bridgehead atoms. The smallest absolute Gasteiger partial charge is 0.234 e. The molecular formula is C25H30N4O2S. The summed E-state index contributed by atoms with van der Waals surface area (Å²) in [6, 6.07) is 15.8. The van der Waals surface area contributed by atoms with Gasteiger partial charge in [-0.2, -0.15) is 0 Å². The van der Waals surface area contributed by atoms with E-state index < -0.39 is 0 Å². The molecule has 0 radical (unpaired) electrons. The van der Waals surface area contributed by atoms with Gasteiger partial charge in [-0.15, -0.1) is 16.8 Å². The SMILES string of the molecule is C=CCn1c(SCC(=O)Nc2ccc(C(C)C)cc2)nnc1C(C)Oc1cccc(C)c1. The normalized spacial score (nSPS) is 11.9. The third-order valence-corrected chi connectivity index (χ3v) is 5.88. The Kier molecular flexibility index (Phi) is 8.11. The number of hydrogen-bond donors (Lipinski definition) is 1. The summed E-state index contributed by atoms with van der Waals surface area (Å²) in [7, 11) is 0. The number of hydrogen-bond acceptors (Lipinski definition) is 5. The molecule has 0 aliphatic rings. The summed E-state index contributed by atoms with van der Waals surface area (Å²) >= 11 is 1.34. The molecule has 1 unspecified atom stereocenters. The summed E-state index contributed by atoms with van der Waals surface area (Å²) in [4.78, 5) is 12.5. The molecule has 1 amide bonds. The van der Waals surface area contributed by atoms with Gasteiger partial charge < -0.3 is 10.1 Å². The van der Waals surface area contributed by atoms with Crippen molar-refractivity contribution >= 4 is 23.4 Å². The maximum absolute atomic E-state index is 12.5. The van der Waals surface area contributed by atoms with Crippen molar-refractivity contribution in [3.63, 3.8) is 0 Å². The lowest BCUT2D eigenvalue weighted by atomic mass is 10.0. The van der Waals surface area contributed by atoms with E-state index in [9.17, 15) is 4.79 Å². The average molecular weight is 451 g/mol.